The second-order valence-corrected chi connectivity index (χ2v) is 4.11. The summed E-state index contributed by atoms with van der Waals surface area (Å²) in [5.41, 5.74) is 0. The Bertz CT molecular complexity index is 112. The van der Waals surface area contributed by atoms with E-state index in [4.69, 9.17) is 0 Å². The van der Waals surface area contributed by atoms with E-state index in [9.17, 15) is 0 Å². The van der Waals surface area contributed by atoms with Crippen LogP contribution in [0.25, 0.3) is 0 Å². The summed E-state index contributed by atoms with van der Waals surface area (Å²) in [6.07, 6.45) is 8.73. The first-order chi connectivity index (χ1) is 5.88. The van der Waals surface area contributed by atoms with Crippen LogP contribution in [-0.4, -0.2) is 13.6 Å². The lowest BCUT2D eigenvalue weighted by atomic mass is 9.90. The number of nitrogens with one attached hydrogen (secondary N) is 1. The maximum absolute atomic E-state index is 3.22. The molecule has 1 aliphatic carbocycles. The summed E-state index contributed by atoms with van der Waals surface area (Å²) in [5, 5.41) is 3.22. The predicted octanol–water partition coefficient (Wildman–Crippen LogP) is 2.81. The van der Waals surface area contributed by atoms with Crippen LogP contribution in [0.2, 0.25) is 0 Å². The summed E-state index contributed by atoms with van der Waals surface area (Å²) in [5.74, 6) is 2.12. The van der Waals surface area contributed by atoms with Gasteiger partial charge in [0.25, 0.3) is 0 Å². The molecule has 1 heteroatoms. The van der Waals surface area contributed by atoms with Gasteiger partial charge in [-0.05, 0) is 38.3 Å². The second kappa shape index (κ2) is 5.58. The molecule has 1 saturated carbocycles. The molecular formula is C11H23N. The molecule has 1 rings (SSSR count). The van der Waals surface area contributed by atoms with Gasteiger partial charge in [-0.3, -0.25) is 0 Å². The lowest BCUT2D eigenvalue weighted by Crippen LogP contribution is -2.12. The SMILES string of the molecule is CCC1CCCC1CCCNC. The van der Waals surface area contributed by atoms with Crippen molar-refractivity contribution in [3.05, 3.63) is 0 Å². The van der Waals surface area contributed by atoms with Gasteiger partial charge in [-0.1, -0.05) is 32.6 Å². The zero-order valence-corrected chi connectivity index (χ0v) is 8.60. The second-order valence-electron chi connectivity index (χ2n) is 4.11. The summed E-state index contributed by atoms with van der Waals surface area (Å²) in [6.45, 7) is 3.55. The van der Waals surface area contributed by atoms with Gasteiger partial charge in [0, 0.05) is 0 Å². The van der Waals surface area contributed by atoms with Gasteiger partial charge in [0.15, 0.2) is 0 Å². The molecule has 72 valence electrons. The molecule has 1 nitrogen and oxygen atoms in total. The molecule has 2 unspecified atom stereocenters. The maximum Gasteiger partial charge on any atom is -0.00518 e. The van der Waals surface area contributed by atoms with Gasteiger partial charge >= 0.3 is 0 Å². The topological polar surface area (TPSA) is 12.0 Å². The Morgan fingerprint density at radius 3 is 2.67 bits per heavy atom. The highest BCUT2D eigenvalue weighted by Gasteiger charge is 2.24. The summed E-state index contributed by atoms with van der Waals surface area (Å²) in [6, 6.07) is 0. The van der Waals surface area contributed by atoms with Crippen LogP contribution in [0, 0.1) is 11.8 Å². The molecule has 0 spiro atoms. The van der Waals surface area contributed by atoms with Gasteiger partial charge in [-0.25, -0.2) is 0 Å². The number of hydrogen-bond donors (Lipinski definition) is 1. The normalized spacial score (nSPS) is 29.5. The van der Waals surface area contributed by atoms with Crippen molar-refractivity contribution in [3.63, 3.8) is 0 Å². The first-order valence-corrected chi connectivity index (χ1v) is 5.53. The van der Waals surface area contributed by atoms with Gasteiger partial charge < -0.3 is 5.32 Å². The van der Waals surface area contributed by atoms with Crippen molar-refractivity contribution in [1.29, 1.82) is 0 Å². The average molecular weight is 169 g/mol. The van der Waals surface area contributed by atoms with Crippen LogP contribution in [0.4, 0.5) is 0 Å². The molecule has 1 fully saturated rings. The summed E-state index contributed by atoms with van der Waals surface area (Å²) < 4.78 is 0. The first-order valence-electron chi connectivity index (χ1n) is 5.53. The fraction of sp³-hybridized carbons (Fsp3) is 1.00. The Morgan fingerprint density at radius 2 is 2.00 bits per heavy atom. The Kier molecular flexibility index (Phi) is 4.67. The maximum atomic E-state index is 3.22. The van der Waals surface area contributed by atoms with Crippen LogP contribution in [-0.2, 0) is 0 Å². The molecule has 0 aliphatic heterocycles. The van der Waals surface area contributed by atoms with E-state index in [2.05, 4.69) is 12.2 Å². The fourth-order valence-electron chi connectivity index (χ4n) is 2.57. The number of hydrogen-bond acceptors (Lipinski definition) is 1. The highest BCUT2D eigenvalue weighted by Crippen LogP contribution is 2.36. The van der Waals surface area contributed by atoms with Crippen LogP contribution < -0.4 is 5.32 Å². The number of rotatable bonds is 5. The van der Waals surface area contributed by atoms with E-state index in [1.165, 1.54) is 45.1 Å². The Morgan fingerprint density at radius 1 is 1.25 bits per heavy atom. The van der Waals surface area contributed by atoms with Crippen LogP contribution >= 0.6 is 0 Å². The highest BCUT2D eigenvalue weighted by atomic mass is 14.8. The summed E-state index contributed by atoms with van der Waals surface area (Å²) in [4.78, 5) is 0. The van der Waals surface area contributed by atoms with E-state index in [0.717, 1.165) is 11.8 Å². The minimum Gasteiger partial charge on any atom is -0.320 e. The molecule has 0 aromatic heterocycles. The molecule has 1 N–H and O–H groups in total. The molecule has 0 amide bonds. The molecule has 2 atom stereocenters. The standard InChI is InChI=1S/C11H23N/c1-3-10-6-4-7-11(10)8-5-9-12-2/h10-12H,3-9H2,1-2H3. The molecule has 0 bridgehead atoms. The van der Waals surface area contributed by atoms with Crippen LogP contribution in [0.1, 0.15) is 45.4 Å². The molecule has 0 saturated heterocycles. The molecule has 0 radical (unpaired) electrons. The van der Waals surface area contributed by atoms with Gasteiger partial charge in [0.05, 0.1) is 0 Å². The Labute approximate surface area is 76.9 Å². The van der Waals surface area contributed by atoms with Crippen LogP contribution in [0.5, 0.6) is 0 Å². The monoisotopic (exact) mass is 169 g/mol. The zero-order valence-electron chi connectivity index (χ0n) is 8.60. The highest BCUT2D eigenvalue weighted by molar-refractivity contribution is 4.76. The predicted molar refractivity (Wildman–Crippen MR) is 54.3 cm³/mol. The molecule has 0 heterocycles. The van der Waals surface area contributed by atoms with Crippen molar-refractivity contribution in [1.82, 2.24) is 5.32 Å². The van der Waals surface area contributed by atoms with E-state index < -0.39 is 0 Å². The van der Waals surface area contributed by atoms with Crippen LogP contribution in [0.15, 0.2) is 0 Å². The molecular weight excluding hydrogens is 146 g/mol. The minimum atomic E-state index is 1.06. The van der Waals surface area contributed by atoms with E-state index in [0.29, 0.717) is 0 Å². The lowest BCUT2D eigenvalue weighted by molar-refractivity contribution is 0.346. The lowest BCUT2D eigenvalue weighted by Gasteiger charge is -2.17. The minimum absolute atomic E-state index is 1.06. The first kappa shape index (κ1) is 10.0. The van der Waals surface area contributed by atoms with Crippen molar-refractivity contribution < 1.29 is 0 Å². The Hall–Kier alpha value is -0.0400. The van der Waals surface area contributed by atoms with Crippen LogP contribution in [0.3, 0.4) is 0 Å². The van der Waals surface area contributed by atoms with Crippen molar-refractivity contribution in [2.24, 2.45) is 11.8 Å². The summed E-state index contributed by atoms with van der Waals surface area (Å²) in [7, 11) is 2.05. The summed E-state index contributed by atoms with van der Waals surface area (Å²) >= 11 is 0. The third-order valence-corrected chi connectivity index (χ3v) is 3.34. The van der Waals surface area contributed by atoms with Crippen molar-refractivity contribution in [2.45, 2.75) is 45.4 Å². The van der Waals surface area contributed by atoms with E-state index >= 15 is 0 Å². The smallest absolute Gasteiger partial charge is 0.00518 e. The van der Waals surface area contributed by atoms with E-state index in [-0.39, 0.29) is 0 Å². The Balaban J connectivity index is 2.12. The quantitative estimate of drug-likeness (QED) is 0.624. The van der Waals surface area contributed by atoms with Crippen molar-refractivity contribution >= 4 is 0 Å². The van der Waals surface area contributed by atoms with E-state index in [1.54, 1.807) is 0 Å². The zero-order chi connectivity index (χ0) is 8.81. The van der Waals surface area contributed by atoms with Gasteiger partial charge in [0.2, 0.25) is 0 Å². The molecule has 12 heavy (non-hydrogen) atoms. The molecule has 1 aliphatic rings. The van der Waals surface area contributed by atoms with Crippen molar-refractivity contribution in [2.75, 3.05) is 13.6 Å². The van der Waals surface area contributed by atoms with Crippen molar-refractivity contribution in [3.8, 4) is 0 Å². The average Bonchev–Trinajstić information content (AvgIpc) is 2.52. The largest absolute Gasteiger partial charge is 0.320 e. The van der Waals surface area contributed by atoms with Gasteiger partial charge in [-0.15, -0.1) is 0 Å². The third-order valence-electron chi connectivity index (χ3n) is 3.34. The molecule has 0 aromatic rings. The fourth-order valence-corrected chi connectivity index (χ4v) is 2.57. The van der Waals surface area contributed by atoms with Gasteiger partial charge in [-0.2, -0.15) is 0 Å². The molecule has 0 aromatic carbocycles. The third kappa shape index (κ3) is 2.78. The van der Waals surface area contributed by atoms with E-state index in [1.807, 2.05) is 7.05 Å². The van der Waals surface area contributed by atoms with Gasteiger partial charge in [0.1, 0.15) is 0 Å².